The van der Waals surface area contributed by atoms with Crippen LogP contribution >= 0.6 is 0 Å². The number of furan rings is 1. The van der Waals surface area contributed by atoms with Crippen molar-refractivity contribution >= 4 is 16.9 Å². The molecule has 0 radical (unpaired) electrons. The zero-order chi connectivity index (χ0) is 24.4. The van der Waals surface area contributed by atoms with Gasteiger partial charge in [-0.05, 0) is 81.3 Å². The Morgan fingerprint density at radius 2 is 1.79 bits per heavy atom. The number of aryl methyl sites for hydroxylation is 4. The number of carbonyl (C=O) groups excluding carboxylic acids is 1. The summed E-state index contributed by atoms with van der Waals surface area (Å²) in [5.41, 5.74) is 7.09. The van der Waals surface area contributed by atoms with Crippen molar-refractivity contribution in [2.45, 2.75) is 66.8 Å². The molecule has 1 atom stereocenters. The Morgan fingerprint density at radius 3 is 2.47 bits per heavy atom. The van der Waals surface area contributed by atoms with Gasteiger partial charge in [0.1, 0.15) is 17.1 Å². The summed E-state index contributed by atoms with van der Waals surface area (Å²) in [6.45, 7) is 12.4. The van der Waals surface area contributed by atoms with Gasteiger partial charge in [-0.3, -0.25) is 4.79 Å². The molecule has 0 aliphatic rings. The van der Waals surface area contributed by atoms with E-state index in [1.165, 1.54) is 16.7 Å². The van der Waals surface area contributed by atoms with Crippen LogP contribution < -0.4 is 5.32 Å². The number of benzene rings is 2. The van der Waals surface area contributed by atoms with Gasteiger partial charge in [-0.1, -0.05) is 48.8 Å². The van der Waals surface area contributed by atoms with Crippen molar-refractivity contribution in [3.8, 4) is 11.3 Å². The third kappa shape index (κ3) is 5.24. The highest BCUT2D eigenvalue weighted by Crippen LogP contribution is 2.32. The number of aromatic nitrogens is 1. The van der Waals surface area contributed by atoms with Gasteiger partial charge in [-0.25, -0.2) is 0 Å². The van der Waals surface area contributed by atoms with Gasteiger partial charge in [0.15, 0.2) is 0 Å². The van der Waals surface area contributed by atoms with Crippen molar-refractivity contribution in [1.82, 2.24) is 10.5 Å². The minimum atomic E-state index is 0.0132. The van der Waals surface area contributed by atoms with Gasteiger partial charge in [0.2, 0.25) is 5.91 Å². The van der Waals surface area contributed by atoms with Gasteiger partial charge in [0, 0.05) is 5.39 Å². The van der Waals surface area contributed by atoms with Crippen LogP contribution in [0, 0.1) is 33.6 Å². The highest BCUT2D eigenvalue weighted by molar-refractivity contribution is 5.86. The third-order valence-corrected chi connectivity index (χ3v) is 6.39. The monoisotopic (exact) mass is 458 g/mol. The van der Waals surface area contributed by atoms with Crippen molar-refractivity contribution in [2.75, 3.05) is 0 Å². The predicted octanol–water partition coefficient (Wildman–Crippen LogP) is 7.16. The summed E-state index contributed by atoms with van der Waals surface area (Å²) in [6, 6.07) is 14.4. The lowest BCUT2D eigenvalue weighted by Crippen LogP contribution is -2.30. The first-order valence-corrected chi connectivity index (χ1v) is 12.0. The Hall–Kier alpha value is -3.34. The summed E-state index contributed by atoms with van der Waals surface area (Å²) in [7, 11) is 0. The molecule has 0 aliphatic heterocycles. The van der Waals surface area contributed by atoms with Crippen LogP contribution in [0.2, 0.25) is 0 Å². The largest absolute Gasteiger partial charge is 0.456 e. The third-order valence-electron chi connectivity index (χ3n) is 6.39. The van der Waals surface area contributed by atoms with E-state index in [0.717, 1.165) is 52.2 Å². The fourth-order valence-electron chi connectivity index (χ4n) is 4.61. The zero-order valence-electron chi connectivity index (χ0n) is 21.0. The quantitative estimate of drug-likeness (QED) is 0.304. The summed E-state index contributed by atoms with van der Waals surface area (Å²) >= 11 is 0. The number of hydrogen-bond acceptors (Lipinski definition) is 4. The van der Waals surface area contributed by atoms with Crippen molar-refractivity contribution in [3.63, 3.8) is 0 Å². The lowest BCUT2D eigenvalue weighted by molar-refractivity contribution is -0.121. The van der Waals surface area contributed by atoms with Crippen LogP contribution in [0.3, 0.4) is 0 Å². The van der Waals surface area contributed by atoms with Crippen molar-refractivity contribution in [3.05, 3.63) is 76.2 Å². The summed E-state index contributed by atoms with van der Waals surface area (Å²) in [5.74, 6) is 2.08. The first-order chi connectivity index (χ1) is 16.2. The normalized spacial score (nSPS) is 12.4. The second kappa shape index (κ2) is 9.88. The number of nitrogens with one attached hydrogen (secondary N) is 1. The van der Waals surface area contributed by atoms with Crippen LogP contribution in [0.5, 0.6) is 0 Å². The van der Waals surface area contributed by atoms with E-state index in [4.69, 9.17) is 8.94 Å². The SMILES string of the molecule is Cc1ccc(C(CCC(C)C)NC(=O)Cc2ccc3oc(-c4c(C)noc4C)cc3c2)c(C)c1. The molecule has 2 heterocycles. The minimum Gasteiger partial charge on any atom is -0.456 e. The maximum Gasteiger partial charge on any atom is 0.224 e. The number of nitrogens with zero attached hydrogens (tertiary/aromatic N) is 1. The average Bonchev–Trinajstić information content (AvgIpc) is 3.32. The zero-order valence-corrected chi connectivity index (χ0v) is 21.0. The molecule has 0 saturated heterocycles. The number of amides is 1. The smallest absolute Gasteiger partial charge is 0.224 e. The fourth-order valence-corrected chi connectivity index (χ4v) is 4.61. The van der Waals surface area contributed by atoms with Gasteiger partial charge >= 0.3 is 0 Å². The van der Waals surface area contributed by atoms with Gasteiger partial charge in [0.25, 0.3) is 0 Å². The molecule has 5 nitrogen and oxygen atoms in total. The van der Waals surface area contributed by atoms with E-state index in [-0.39, 0.29) is 11.9 Å². The molecule has 178 valence electrons. The Kier molecular flexibility index (Phi) is 6.92. The molecule has 2 aromatic carbocycles. The minimum absolute atomic E-state index is 0.0132. The van der Waals surface area contributed by atoms with Crippen LogP contribution in [0.1, 0.15) is 66.4 Å². The van der Waals surface area contributed by atoms with Gasteiger partial charge in [-0.15, -0.1) is 0 Å². The van der Waals surface area contributed by atoms with E-state index in [0.29, 0.717) is 12.3 Å². The Bertz CT molecular complexity index is 1290. The molecule has 1 N–H and O–H groups in total. The summed E-state index contributed by atoms with van der Waals surface area (Å²) in [6.07, 6.45) is 2.31. The van der Waals surface area contributed by atoms with E-state index in [2.05, 4.69) is 56.4 Å². The molecule has 4 rings (SSSR count). The molecular weight excluding hydrogens is 424 g/mol. The van der Waals surface area contributed by atoms with Gasteiger partial charge in [-0.2, -0.15) is 0 Å². The Morgan fingerprint density at radius 1 is 1.00 bits per heavy atom. The summed E-state index contributed by atoms with van der Waals surface area (Å²) < 4.78 is 11.3. The van der Waals surface area contributed by atoms with Crippen LogP contribution in [0.4, 0.5) is 0 Å². The van der Waals surface area contributed by atoms with Crippen LogP contribution in [-0.4, -0.2) is 11.1 Å². The van der Waals surface area contributed by atoms with Crippen LogP contribution in [0.25, 0.3) is 22.3 Å². The lowest BCUT2D eigenvalue weighted by Gasteiger charge is -2.22. The van der Waals surface area contributed by atoms with Crippen LogP contribution in [0.15, 0.2) is 51.4 Å². The first kappa shape index (κ1) is 23.8. The number of carbonyl (C=O) groups is 1. The molecular formula is C29H34N2O3. The average molecular weight is 459 g/mol. The lowest BCUT2D eigenvalue weighted by atomic mass is 9.93. The first-order valence-electron chi connectivity index (χ1n) is 12.0. The number of hydrogen-bond donors (Lipinski definition) is 1. The molecule has 5 heteroatoms. The molecule has 1 unspecified atom stereocenters. The van der Waals surface area contributed by atoms with E-state index in [9.17, 15) is 4.79 Å². The Labute approximate surface area is 201 Å². The van der Waals surface area contributed by atoms with E-state index < -0.39 is 0 Å². The molecule has 4 aromatic rings. The van der Waals surface area contributed by atoms with E-state index >= 15 is 0 Å². The fraction of sp³-hybridized carbons (Fsp3) is 0.379. The van der Waals surface area contributed by atoms with Crippen molar-refractivity contribution < 1.29 is 13.7 Å². The molecule has 34 heavy (non-hydrogen) atoms. The van der Waals surface area contributed by atoms with Gasteiger partial charge < -0.3 is 14.3 Å². The summed E-state index contributed by atoms with van der Waals surface area (Å²) in [5, 5.41) is 8.29. The molecule has 0 spiro atoms. The van der Waals surface area contributed by atoms with Crippen molar-refractivity contribution in [1.29, 1.82) is 0 Å². The highest BCUT2D eigenvalue weighted by atomic mass is 16.5. The number of fused-ring (bicyclic) bond motifs is 1. The number of rotatable bonds is 8. The molecule has 0 saturated carbocycles. The standard InChI is InChI=1S/C29H34N2O3/c1-17(2)7-11-25(24-10-8-18(3)13-19(24)4)30-28(32)15-22-9-12-26-23(14-22)16-27(33-26)29-20(5)31-34-21(29)6/h8-10,12-14,16-17,25H,7,11,15H2,1-6H3,(H,30,32). The maximum absolute atomic E-state index is 13.1. The predicted molar refractivity (Wildman–Crippen MR) is 136 cm³/mol. The Balaban J connectivity index is 1.52. The molecule has 0 fully saturated rings. The highest BCUT2D eigenvalue weighted by Gasteiger charge is 2.19. The molecule has 0 bridgehead atoms. The maximum atomic E-state index is 13.1. The van der Waals surface area contributed by atoms with E-state index in [1.807, 2.05) is 38.1 Å². The molecule has 2 aromatic heterocycles. The molecule has 1 amide bonds. The second-order valence-corrected chi connectivity index (χ2v) is 9.81. The molecule has 0 aliphatic carbocycles. The van der Waals surface area contributed by atoms with Gasteiger partial charge in [0.05, 0.1) is 23.7 Å². The van der Waals surface area contributed by atoms with E-state index in [1.54, 1.807) is 0 Å². The topological polar surface area (TPSA) is 68.3 Å². The van der Waals surface area contributed by atoms with Crippen molar-refractivity contribution in [2.24, 2.45) is 5.92 Å². The second-order valence-electron chi connectivity index (χ2n) is 9.81. The van der Waals surface area contributed by atoms with Crippen LogP contribution in [-0.2, 0) is 11.2 Å². The summed E-state index contributed by atoms with van der Waals surface area (Å²) in [4.78, 5) is 13.1.